The molecule has 0 aliphatic rings. The first-order valence-corrected chi connectivity index (χ1v) is 13.0. The first kappa shape index (κ1) is 34.7. The topological polar surface area (TPSA) is 110 Å². The molecule has 0 spiro atoms. The predicted octanol–water partition coefficient (Wildman–Crippen LogP) is 6.99. The van der Waals surface area contributed by atoms with Crippen LogP contribution in [0.15, 0.2) is 79.4 Å². The molecule has 5 rings (SSSR count). The third-order valence-electron chi connectivity index (χ3n) is 6.79. The summed E-state index contributed by atoms with van der Waals surface area (Å²) < 4.78 is 121. The summed E-state index contributed by atoms with van der Waals surface area (Å²) in [6.45, 7) is 0. The Morgan fingerprint density at radius 2 is 1.47 bits per heavy atom. The van der Waals surface area contributed by atoms with Gasteiger partial charge in [-0.05, 0) is 29.3 Å². The van der Waals surface area contributed by atoms with Gasteiger partial charge in [-0.2, -0.15) is 39.5 Å². The fourth-order valence-corrected chi connectivity index (χ4v) is 4.69. The molecule has 1 atom stereocenters. The van der Waals surface area contributed by atoms with E-state index in [2.05, 4.69) is 15.0 Å². The Labute approximate surface area is 258 Å². The molecular weight excluding hydrogens is 651 g/mol. The summed E-state index contributed by atoms with van der Waals surface area (Å²) in [6, 6.07) is 13.7. The molecule has 0 saturated carbocycles. The van der Waals surface area contributed by atoms with E-state index in [0.29, 0.717) is 0 Å². The van der Waals surface area contributed by atoms with Crippen LogP contribution in [0.25, 0.3) is 22.0 Å². The highest BCUT2D eigenvalue weighted by atomic mass is 19.4. The zero-order valence-electron chi connectivity index (χ0n) is 23.9. The van der Waals surface area contributed by atoms with Crippen molar-refractivity contribution in [2.24, 2.45) is 7.05 Å². The molecule has 5 aromatic rings. The largest absolute Gasteiger partial charge is 0.495 e. The molecule has 17 heteroatoms. The number of carboxylic acid groups (broad SMARTS) is 1. The average molecular weight is 673 g/mol. The number of carbonyl (C=O) groups is 1. The average Bonchev–Trinajstić information content (AvgIpc) is 3.45. The summed E-state index contributed by atoms with van der Waals surface area (Å²) in [7, 11) is 2.80. The Hall–Kier alpha value is -5.19. The van der Waals surface area contributed by atoms with E-state index in [1.807, 2.05) is 0 Å². The Kier molecular flexibility index (Phi) is 9.25. The number of aliphatic carboxylic acids is 1. The van der Waals surface area contributed by atoms with Gasteiger partial charge in [0, 0.05) is 24.2 Å². The highest BCUT2D eigenvalue weighted by Gasteiger charge is 2.41. The molecule has 0 radical (unpaired) electrons. The number of nitrogens with zero attached hydrogens (tertiary/aromatic N) is 4. The molecule has 2 aromatic carbocycles. The number of pyridine rings is 2. The molecule has 3 aromatic heterocycles. The number of methoxy groups -OCH3 is 1. The Morgan fingerprint density at radius 1 is 0.851 bits per heavy atom. The van der Waals surface area contributed by atoms with Crippen LogP contribution in [-0.4, -0.2) is 49.0 Å². The van der Waals surface area contributed by atoms with Crippen molar-refractivity contribution < 1.29 is 59.3 Å². The maximum atomic E-state index is 14.2. The smallest absolute Gasteiger partial charge is 0.490 e. The minimum Gasteiger partial charge on any atom is -0.495 e. The first-order chi connectivity index (χ1) is 21.8. The number of aliphatic hydroxyl groups is 1. The second kappa shape index (κ2) is 12.5. The van der Waals surface area contributed by atoms with Crippen molar-refractivity contribution in [2.45, 2.75) is 24.1 Å². The zero-order chi connectivity index (χ0) is 34.9. The van der Waals surface area contributed by atoms with Crippen molar-refractivity contribution in [1.29, 1.82) is 0 Å². The van der Waals surface area contributed by atoms with E-state index in [-0.39, 0.29) is 44.6 Å². The number of alkyl halides is 9. The molecule has 1 unspecified atom stereocenters. The molecule has 0 aliphatic carbocycles. The summed E-state index contributed by atoms with van der Waals surface area (Å²) in [5, 5.41) is 19.4. The van der Waals surface area contributed by atoms with Crippen LogP contribution in [-0.2, 0) is 29.8 Å². The van der Waals surface area contributed by atoms with Crippen LogP contribution in [0, 0.1) is 0 Å². The highest BCUT2D eigenvalue weighted by Crippen LogP contribution is 2.46. The third-order valence-corrected chi connectivity index (χ3v) is 6.79. The van der Waals surface area contributed by atoms with Crippen molar-refractivity contribution in [2.75, 3.05) is 7.11 Å². The second-order valence-electron chi connectivity index (χ2n) is 9.80. The van der Waals surface area contributed by atoms with Crippen molar-refractivity contribution in [3.8, 4) is 16.9 Å². The van der Waals surface area contributed by atoms with E-state index < -0.39 is 41.5 Å². The fourth-order valence-electron chi connectivity index (χ4n) is 4.69. The molecule has 0 saturated heterocycles. The Balaban J connectivity index is 0.000000644. The van der Waals surface area contributed by atoms with Crippen LogP contribution in [0.2, 0.25) is 0 Å². The Morgan fingerprint density at radius 3 is 1.94 bits per heavy atom. The summed E-state index contributed by atoms with van der Waals surface area (Å²) in [5.74, 6) is -2.89. The van der Waals surface area contributed by atoms with E-state index in [4.69, 9.17) is 14.6 Å². The van der Waals surface area contributed by atoms with Crippen LogP contribution in [0.5, 0.6) is 5.75 Å². The molecule has 0 bridgehead atoms. The zero-order valence-corrected chi connectivity index (χ0v) is 23.9. The molecule has 0 amide bonds. The molecule has 2 N–H and O–H groups in total. The van der Waals surface area contributed by atoms with Gasteiger partial charge < -0.3 is 19.5 Å². The SMILES string of the molecule is COc1c(-c2ccccc2)c(C(F)(F)F)nc2ccc(C(O)(c3ccc(C(F)(F)F)nc3)c3cncn3C)cc12.O=C(O)C(F)(F)F. The number of benzene rings is 2. The number of fused-ring (bicyclic) bond motifs is 1. The van der Waals surface area contributed by atoms with Crippen LogP contribution in [0.3, 0.4) is 0 Å². The maximum Gasteiger partial charge on any atom is 0.490 e. The maximum absolute atomic E-state index is 14.2. The standard InChI is InChI=1S/C28H20F6N4O2.C2HF3O2/c1-38-15-35-14-22(38)26(39,18-9-11-21(36-13-18)27(29,30)31)17-8-10-20-19(12-17)24(40-2)23(16-6-4-3-5-7-16)25(37-20)28(32,33)34;3-2(4,5)1(6)7/h3-15,39H,1-2H3;(H,6,7). The van der Waals surface area contributed by atoms with Crippen molar-refractivity contribution in [1.82, 2.24) is 19.5 Å². The Bertz CT molecular complexity index is 1890. The van der Waals surface area contributed by atoms with Crippen molar-refractivity contribution in [3.63, 3.8) is 0 Å². The monoisotopic (exact) mass is 672 g/mol. The van der Waals surface area contributed by atoms with Gasteiger partial charge in [0.1, 0.15) is 11.4 Å². The minimum absolute atomic E-state index is 0.0226. The highest BCUT2D eigenvalue weighted by molar-refractivity contribution is 5.94. The number of carboxylic acids is 1. The van der Waals surface area contributed by atoms with Gasteiger partial charge in [0.25, 0.3) is 0 Å². The number of rotatable bonds is 5. The van der Waals surface area contributed by atoms with Gasteiger partial charge in [0.2, 0.25) is 0 Å². The lowest BCUT2D eigenvalue weighted by Crippen LogP contribution is -2.31. The first-order valence-electron chi connectivity index (χ1n) is 13.0. The van der Waals surface area contributed by atoms with Crippen LogP contribution < -0.4 is 4.74 Å². The van der Waals surface area contributed by atoms with Gasteiger partial charge in [-0.1, -0.05) is 42.5 Å². The molecule has 0 aliphatic heterocycles. The van der Waals surface area contributed by atoms with Crippen LogP contribution >= 0.6 is 0 Å². The lowest BCUT2D eigenvalue weighted by Gasteiger charge is -2.30. The number of halogens is 9. The number of hydrogen-bond acceptors (Lipinski definition) is 6. The molecule has 8 nitrogen and oxygen atoms in total. The number of hydrogen-bond donors (Lipinski definition) is 2. The van der Waals surface area contributed by atoms with Gasteiger partial charge in [-0.3, -0.25) is 4.98 Å². The quantitative estimate of drug-likeness (QED) is 0.194. The van der Waals surface area contributed by atoms with Crippen LogP contribution in [0.1, 0.15) is 28.2 Å². The molecule has 3 heterocycles. The van der Waals surface area contributed by atoms with E-state index in [0.717, 1.165) is 18.3 Å². The van der Waals surface area contributed by atoms with E-state index >= 15 is 0 Å². The van der Waals surface area contributed by atoms with Gasteiger partial charge in [-0.25, -0.2) is 14.8 Å². The molecular formula is C30H21F9N4O4. The summed E-state index contributed by atoms with van der Waals surface area (Å²) in [6.07, 6.45) is -11.0. The van der Waals surface area contributed by atoms with Crippen molar-refractivity contribution in [3.05, 3.63) is 108 Å². The van der Waals surface area contributed by atoms with Crippen molar-refractivity contribution >= 4 is 16.9 Å². The number of aromatic nitrogens is 4. The normalized spacial score (nSPS) is 13.4. The summed E-state index contributed by atoms with van der Waals surface area (Å²) >= 11 is 0. The predicted molar refractivity (Wildman–Crippen MR) is 147 cm³/mol. The fraction of sp³-hybridized carbons (Fsp3) is 0.200. The third kappa shape index (κ3) is 6.98. The van der Waals surface area contributed by atoms with E-state index in [1.54, 1.807) is 25.2 Å². The summed E-state index contributed by atoms with van der Waals surface area (Å²) in [4.78, 5) is 20.3. The van der Waals surface area contributed by atoms with E-state index in [9.17, 15) is 44.6 Å². The van der Waals surface area contributed by atoms with Gasteiger partial charge in [0.15, 0.2) is 11.3 Å². The molecule has 0 fully saturated rings. The lowest BCUT2D eigenvalue weighted by molar-refractivity contribution is -0.192. The summed E-state index contributed by atoms with van der Waals surface area (Å²) in [5.41, 5.74) is -4.28. The minimum atomic E-state index is -5.08. The number of aryl methyl sites for hydroxylation is 1. The van der Waals surface area contributed by atoms with Crippen LogP contribution in [0.4, 0.5) is 39.5 Å². The number of ether oxygens (including phenoxy) is 1. The number of imidazole rings is 1. The lowest BCUT2D eigenvalue weighted by atomic mass is 9.83. The van der Waals surface area contributed by atoms with Gasteiger partial charge in [0.05, 0.1) is 36.4 Å². The molecule has 248 valence electrons. The van der Waals surface area contributed by atoms with Gasteiger partial charge >= 0.3 is 24.5 Å². The van der Waals surface area contributed by atoms with Gasteiger partial charge in [-0.15, -0.1) is 0 Å². The second-order valence-corrected chi connectivity index (χ2v) is 9.80. The molecule has 47 heavy (non-hydrogen) atoms. The van der Waals surface area contributed by atoms with E-state index in [1.165, 1.54) is 54.5 Å².